The molecule has 1 aliphatic rings. The minimum absolute atomic E-state index is 0.884. The maximum atomic E-state index is 4.31. The van der Waals surface area contributed by atoms with E-state index >= 15 is 0 Å². The molecule has 1 saturated heterocycles. The monoisotopic (exact) mass is 179 g/mol. The molecule has 1 aromatic heterocycles. The fraction of sp³-hybridized carbons (Fsp3) is 0.700. The van der Waals surface area contributed by atoms with Gasteiger partial charge in [0.25, 0.3) is 0 Å². The van der Waals surface area contributed by atoms with Crippen LogP contribution in [0.3, 0.4) is 0 Å². The molecule has 0 aromatic carbocycles. The summed E-state index contributed by atoms with van der Waals surface area (Å²) in [5, 5.41) is 7.60. The Morgan fingerprint density at radius 2 is 2.46 bits per heavy atom. The first kappa shape index (κ1) is 8.75. The van der Waals surface area contributed by atoms with Crippen LogP contribution < -0.4 is 5.32 Å². The maximum Gasteiger partial charge on any atom is 0.0521 e. The quantitative estimate of drug-likeness (QED) is 0.749. The molecule has 0 unspecified atom stereocenters. The summed E-state index contributed by atoms with van der Waals surface area (Å²) in [6.45, 7) is 5.63. The van der Waals surface area contributed by atoms with Crippen molar-refractivity contribution in [1.29, 1.82) is 0 Å². The Hall–Kier alpha value is -0.830. The summed E-state index contributed by atoms with van der Waals surface area (Å²) >= 11 is 0. The van der Waals surface area contributed by atoms with Gasteiger partial charge in [-0.2, -0.15) is 5.10 Å². The Labute approximate surface area is 79.1 Å². The highest BCUT2D eigenvalue weighted by Gasteiger charge is 2.15. The molecule has 2 heterocycles. The molecule has 0 aliphatic carbocycles. The summed E-state index contributed by atoms with van der Waals surface area (Å²) in [4.78, 5) is 0. The molecule has 0 atom stereocenters. The Morgan fingerprint density at radius 1 is 1.62 bits per heavy atom. The number of hydrogen-bond donors (Lipinski definition) is 1. The van der Waals surface area contributed by atoms with Crippen molar-refractivity contribution in [1.82, 2.24) is 15.1 Å². The van der Waals surface area contributed by atoms with E-state index in [0.717, 1.165) is 18.9 Å². The summed E-state index contributed by atoms with van der Waals surface area (Å²) in [5.74, 6) is 0.884. The third-order valence-corrected chi connectivity index (χ3v) is 2.73. The second kappa shape index (κ2) is 3.92. The van der Waals surface area contributed by atoms with E-state index < -0.39 is 0 Å². The fourth-order valence-corrected chi connectivity index (χ4v) is 1.58. The zero-order valence-electron chi connectivity index (χ0n) is 8.16. The van der Waals surface area contributed by atoms with Crippen LogP contribution in [-0.4, -0.2) is 22.9 Å². The van der Waals surface area contributed by atoms with E-state index in [1.165, 1.54) is 25.1 Å². The molecule has 0 spiro atoms. The largest absolute Gasteiger partial charge is 0.316 e. The molecule has 3 heteroatoms. The highest BCUT2D eigenvalue weighted by molar-refractivity contribution is 5.02. The summed E-state index contributed by atoms with van der Waals surface area (Å²) in [5.41, 5.74) is 1.34. The van der Waals surface area contributed by atoms with Crippen molar-refractivity contribution in [3.63, 3.8) is 0 Å². The number of rotatable bonds is 4. The summed E-state index contributed by atoms with van der Waals surface area (Å²) in [6.07, 6.45) is 6.48. The topological polar surface area (TPSA) is 29.9 Å². The minimum Gasteiger partial charge on any atom is -0.316 e. The number of aromatic nitrogens is 2. The van der Waals surface area contributed by atoms with Crippen LogP contribution in [0.5, 0.6) is 0 Å². The third kappa shape index (κ3) is 2.10. The van der Waals surface area contributed by atoms with Crippen molar-refractivity contribution in [3.8, 4) is 0 Å². The van der Waals surface area contributed by atoms with Crippen LogP contribution in [0.25, 0.3) is 0 Å². The van der Waals surface area contributed by atoms with E-state index in [9.17, 15) is 0 Å². The van der Waals surface area contributed by atoms with Gasteiger partial charge in [0.2, 0.25) is 0 Å². The van der Waals surface area contributed by atoms with Gasteiger partial charge in [-0.25, -0.2) is 0 Å². The fourth-order valence-electron chi connectivity index (χ4n) is 1.58. The molecule has 0 amide bonds. The lowest BCUT2D eigenvalue weighted by Crippen LogP contribution is -2.42. The van der Waals surface area contributed by atoms with Gasteiger partial charge in [-0.1, -0.05) is 6.92 Å². The Kier molecular flexibility index (Phi) is 2.64. The second-order valence-corrected chi connectivity index (χ2v) is 3.78. The van der Waals surface area contributed by atoms with Crippen LogP contribution in [-0.2, 0) is 13.0 Å². The van der Waals surface area contributed by atoms with Crippen molar-refractivity contribution in [2.45, 2.75) is 26.3 Å². The Morgan fingerprint density at radius 3 is 3.00 bits per heavy atom. The second-order valence-electron chi connectivity index (χ2n) is 3.78. The van der Waals surface area contributed by atoms with Gasteiger partial charge in [-0.05, 0) is 37.4 Å². The molecule has 3 nitrogen and oxygen atoms in total. The Bertz CT molecular complexity index is 263. The van der Waals surface area contributed by atoms with E-state index in [2.05, 4.69) is 28.2 Å². The van der Waals surface area contributed by atoms with Gasteiger partial charge in [-0.15, -0.1) is 0 Å². The highest BCUT2D eigenvalue weighted by atomic mass is 15.3. The molecule has 0 saturated carbocycles. The molecule has 0 radical (unpaired) electrons. The van der Waals surface area contributed by atoms with Crippen molar-refractivity contribution < 1.29 is 0 Å². The average Bonchev–Trinajstić information content (AvgIpc) is 2.49. The predicted molar refractivity (Wildman–Crippen MR) is 52.6 cm³/mol. The highest BCUT2D eigenvalue weighted by Crippen LogP contribution is 2.09. The van der Waals surface area contributed by atoms with E-state index in [1.54, 1.807) is 0 Å². The SMILES string of the molecule is CCc1cnn(CCC2CNC2)c1. The third-order valence-electron chi connectivity index (χ3n) is 2.73. The van der Waals surface area contributed by atoms with Crippen LogP contribution >= 0.6 is 0 Å². The van der Waals surface area contributed by atoms with Crippen molar-refractivity contribution in [3.05, 3.63) is 18.0 Å². The molecule has 1 fully saturated rings. The first-order chi connectivity index (χ1) is 6.38. The van der Waals surface area contributed by atoms with Gasteiger partial charge >= 0.3 is 0 Å². The smallest absolute Gasteiger partial charge is 0.0521 e. The van der Waals surface area contributed by atoms with Crippen LogP contribution in [0.2, 0.25) is 0 Å². The molecule has 13 heavy (non-hydrogen) atoms. The van der Waals surface area contributed by atoms with E-state index in [0.29, 0.717) is 0 Å². The van der Waals surface area contributed by atoms with Crippen molar-refractivity contribution in [2.75, 3.05) is 13.1 Å². The van der Waals surface area contributed by atoms with E-state index in [1.807, 2.05) is 6.20 Å². The summed E-state index contributed by atoms with van der Waals surface area (Å²) in [7, 11) is 0. The first-order valence-corrected chi connectivity index (χ1v) is 5.10. The van der Waals surface area contributed by atoms with Gasteiger partial charge in [0.05, 0.1) is 6.20 Å². The summed E-state index contributed by atoms with van der Waals surface area (Å²) < 4.78 is 2.07. The van der Waals surface area contributed by atoms with Crippen LogP contribution in [0, 0.1) is 5.92 Å². The van der Waals surface area contributed by atoms with Crippen molar-refractivity contribution in [2.24, 2.45) is 5.92 Å². The van der Waals surface area contributed by atoms with Gasteiger partial charge in [0.15, 0.2) is 0 Å². The summed E-state index contributed by atoms with van der Waals surface area (Å²) in [6, 6.07) is 0. The maximum absolute atomic E-state index is 4.31. The number of nitrogens with one attached hydrogen (secondary N) is 1. The minimum atomic E-state index is 0.884. The van der Waals surface area contributed by atoms with Crippen LogP contribution in [0.15, 0.2) is 12.4 Å². The number of aryl methyl sites for hydroxylation is 2. The van der Waals surface area contributed by atoms with Crippen molar-refractivity contribution >= 4 is 0 Å². The lowest BCUT2D eigenvalue weighted by molar-refractivity contribution is 0.307. The predicted octanol–water partition coefficient (Wildman–Crippen LogP) is 1.05. The number of hydrogen-bond acceptors (Lipinski definition) is 2. The lowest BCUT2D eigenvalue weighted by atomic mass is 10.00. The van der Waals surface area contributed by atoms with Gasteiger partial charge < -0.3 is 5.32 Å². The Balaban J connectivity index is 1.79. The molecular weight excluding hydrogens is 162 g/mol. The zero-order valence-corrected chi connectivity index (χ0v) is 8.16. The standard InChI is InChI=1S/C10H17N3/c1-2-9-7-12-13(8-9)4-3-10-5-11-6-10/h7-8,10-11H,2-6H2,1H3. The first-order valence-electron chi connectivity index (χ1n) is 5.10. The molecule has 72 valence electrons. The molecule has 2 rings (SSSR count). The lowest BCUT2D eigenvalue weighted by Gasteiger charge is -2.26. The van der Waals surface area contributed by atoms with Gasteiger partial charge in [-0.3, -0.25) is 4.68 Å². The zero-order chi connectivity index (χ0) is 9.10. The molecule has 1 aromatic rings. The van der Waals surface area contributed by atoms with Crippen LogP contribution in [0.1, 0.15) is 18.9 Å². The van der Waals surface area contributed by atoms with E-state index in [4.69, 9.17) is 0 Å². The molecule has 1 aliphatic heterocycles. The molecule has 1 N–H and O–H groups in total. The number of nitrogens with zero attached hydrogens (tertiary/aromatic N) is 2. The normalized spacial score (nSPS) is 17.3. The molecular formula is C10H17N3. The van der Waals surface area contributed by atoms with Crippen LogP contribution in [0.4, 0.5) is 0 Å². The van der Waals surface area contributed by atoms with E-state index in [-0.39, 0.29) is 0 Å². The molecule has 0 bridgehead atoms. The van der Waals surface area contributed by atoms with Gasteiger partial charge in [0.1, 0.15) is 0 Å². The average molecular weight is 179 g/mol. The van der Waals surface area contributed by atoms with Gasteiger partial charge in [0, 0.05) is 12.7 Å².